The van der Waals surface area contributed by atoms with Crippen LogP contribution < -0.4 is 10.3 Å². The summed E-state index contributed by atoms with van der Waals surface area (Å²) in [4.78, 5) is 38.0. The predicted octanol–water partition coefficient (Wildman–Crippen LogP) is 5.97. The first kappa shape index (κ1) is 27.1. The van der Waals surface area contributed by atoms with Gasteiger partial charge in [-0.3, -0.25) is 24.1 Å². The average Bonchev–Trinajstić information content (AvgIpc) is 3.28. The summed E-state index contributed by atoms with van der Waals surface area (Å²) in [5.41, 5.74) is 3.49. The zero-order valence-corrected chi connectivity index (χ0v) is 22.1. The van der Waals surface area contributed by atoms with Gasteiger partial charge in [0.15, 0.2) is 11.6 Å². The lowest BCUT2D eigenvalue weighted by atomic mass is 10.1. The van der Waals surface area contributed by atoms with E-state index in [-0.39, 0.29) is 28.9 Å². The molecule has 0 atom stereocenters. The number of hydrogen-bond acceptors (Lipinski definition) is 6. The number of ketones is 1. The molecule has 10 heteroatoms. The van der Waals surface area contributed by atoms with Crippen LogP contribution in [0.3, 0.4) is 0 Å². The highest BCUT2D eigenvalue weighted by molar-refractivity contribution is 6.31. The van der Waals surface area contributed by atoms with E-state index in [4.69, 9.17) is 16.3 Å². The van der Waals surface area contributed by atoms with Gasteiger partial charge in [0, 0.05) is 30.4 Å². The van der Waals surface area contributed by atoms with Gasteiger partial charge >= 0.3 is 0 Å². The smallest absolute Gasteiger partial charge is 0.277 e. The fraction of sp³-hybridized carbons (Fsp3) is 0.250. The fourth-order valence-electron chi connectivity index (χ4n) is 4.12. The van der Waals surface area contributed by atoms with Crippen LogP contribution in [0.25, 0.3) is 17.1 Å². The lowest BCUT2D eigenvalue weighted by molar-refractivity contribution is 0.0990. The Morgan fingerprint density at radius 2 is 1.76 bits per heavy atom. The van der Waals surface area contributed by atoms with Crippen LogP contribution in [0.4, 0.5) is 8.78 Å². The first-order valence-electron chi connectivity index (χ1n) is 12.1. The molecule has 7 nitrogen and oxygen atoms in total. The quantitative estimate of drug-likeness (QED) is 0.311. The van der Waals surface area contributed by atoms with E-state index < -0.39 is 17.2 Å². The Bertz CT molecular complexity index is 1600. The van der Waals surface area contributed by atoms with Crippen LogP contribution in [-0.4, -0.2) is 25.3 Å². The van der Waals surface area contributed by atoms with E-state index in [2.05, 4.69) is 15.0 Å². The van der Waals surface area contributed by atoms with Gasteiger partial charge in [0.25, 0.3) is 5.56 Å². The topological polar surface area (TPSA) is 87.0 Å². The third kappa shape index (κ3) is 5.19. The molecule has 0 spiro atoms. The van der Waals surface area contributed by atoms with Crippen LogP contribution in [0.15, 0.2) is 47.5 Å². The highest BCUT2D eigenvalue weighted by Crippen LogP contribution is 2.28. The maximum absolute atomic E-state index is 13.9. The lowest BCUT2D eigenvalue weighted by Crippen LogP contribution is -2.23. The largest absolute Gasteiger partial charge is 0.485 e. The van der Waals surface area contributed by atoms with Crippen molar-refractivity contribution < 1.29 is 18.3 Å². The average molecular weight is 539 g/mol. The van der Waals surface area contributed by atoms with Gasteiger partial charge in [-0.05, 0) is 43.5 Å². The number of rotatable bonds is 5. The first-order chi connectivity index (χ1) is 18.2. The summed E-state index contributed by atoms with van der Waals surface area (Å²) in [5, 5.41) is -0.206. The van der Waals surface area contributed by atoms with E-state index in [0.29, 0.717) is 52.9 Å². The molecule has 0 bridgehead atoms. The van der Waals surface area contributed by atoms with Gasteiger partial charge in [-0.15, -0.1) is 0 Å². The summed E-state index contributed by atoms with van der Waals surface area (Å²) >= 11 is 6.34. The molecule has 38 heavy (non-hydrogen) atoms. The Balaban J connectivity index is 0.00000164. The molecular weight excluding hydrogens is 514 g/mol. The normalized spacial score (nSPS) is 12.1. The highest BCUT2D eigenvalue weighted by atomic mass is 35.5. The maximum atomic E-state index is 13.9. The number of hydrogen-bond donors (Lipinski definition) is 0. The van der Waals surface area contributed by atoms with E-state index in [1.165, 1.54) is 4.57 Å². The summed E-state index contributed by atoms with van der Waals surface area (Å²) < 4.78 is 34.0. The predicted molar refractivity (Wildman–Crippen MR) is 140 cm³/mol. The maximum Gasteiger partial charge on any atom is 0.277 e. The molecule has 0 radical (unpaired) electrons. The molecule has 0 aromatic carbocycles. The summed E-state index contributed by atoms with van der Waals surface area (Å²) in [6.07, 6.45) is 3.62. The van der Waals surface area contributed by atoms with E-state index in [1.54, 1.807) is 38.2 Å². The number of fused-ring (bicyclic) bond motifs is 1. The number of ether oxygens (including phenoxy) is 1. The number of aromatic nitrogens is 4. The number of aryl methyl sites for hydroxylation is 3. The number of carbonyl (C=O) groups excluding carboxylic acids is 1. The molecular formula is C28H25ClF2N4O3. The number of halogens is 3. The van der Waals surface area contributed by atoms with Crippen molar-refractivity contribution in [1.82, 2.24) is 19.5 Å². The van der Waals surface area contributed by atoms with Gasteiger partial charge in [0.1, 0.15) is 34.6 Å². The van der Waals surface area contributed by atoms with E-state index in [9.17, 15) is 18.4 Å². The van der Waals surface area contributed by atoms with Gasteiger partial charge in [-0.1, -0.05) is 31.5 Å². The Morgan fingerprint density at radius 3 is 2.50 bits per heavy atom. The van der Waals surface area contributed by atoms with Crippen molar-refractivity contribution in [2.24, 2.45) is 0 Å². The Morgan fingerprint density at radius 1 is 1.00 bits per heavy atom. The van der Waals surface area contributed by atoms with Crippen molar-refractivity contribution in [3.8, 4) is 22.8 Å². The zero-order chi connectivity index (χ0) is 27.6. The van der Waals surface area contributed by atoms with Gasteiger partial charge in [-0.2, -0.15) is 0 Å². The molecule has 4 aromatic heterocycles. The van der Waals surface area contributed by atoms with Gasteiger partial charge in [-0.25, -0.2) is 13.8 Å². The third-order valence-electron chi connectivity index (χ3n) is 5.99. The monoisotopic (exact) mass is 538 g/mol. The van der Waals surface area contributed by atoms with Crippen LogP contribution in [0.5, 0.6) is 5.75 Å². The van der Waals surface area contributed by atoms with Gasteiger partial charge in [0.2, 0.25) is 0 Å². The molecule has 4 heterocycles. The van der Waals surface area contributed by atoms with Crippen LogP contribution in [0.2, 0.25) is 5.02 Å². The number of carbonyl (C=O) groups is 1. The van der Waals surface area contributed by atoms with Crippen LogP contribution >= 0.6 is 11.6 Å². The molecule has 0 unspecified atom stereocenters. The molecule has 1 aliphatic rings. The summed E-state index contributed by atoms with van der Waals surface area (Å²) in [6.45, 7) is 7.17. The standard InChI is InChI=1S/C26H19ClF2N4O3.C2H6/c1-13-10-30-19(18-5-3-15-4-6-22(34)25(15)32-18)9-21(13)33-14(2)7-23(24(27)26(33)35)36-12-20-17(29)8-16(28)11-31-20;1-2/h3,5,7-11H,4,6,12H2,1-2H3;1-2H3. The Kier molecular flexibility index (Phi) is 7.97. The summed E-state index contributed by atoms with van der Waals surface area (Å²) in [6, 6.07) is 7.65. The molecule has 0 fully saturated rings. The van der Waals surface area contributed by atoms with Crippen molar-refractivity contribution in [2.75, 3.05) is 0 Å². The Labute approximate surface area is 223 Å². The Hall–Kier alpha value is -3.98. The minimum atomic E-state index is -0.863. The highest BCUT2D eigenvalue weighted by Gasteiger charge is 2.22. The zero-order valence-electron chi connectivity index (χ0n) is 21.3. The molecule has 0 saturated heterocycles. The molecule has 1 aliphatic carbocycles. The van der Waals surface area contributed by atoms with E-state index >= 15 is 0 Å². The van der Waals surface area contributed by atoms with E-state index in [1.807, 2.05) is 19.9 Å². The fourth-order valence-corrected chi connectivity index (χ4v) is 4.31. The van der Waals surface area contributed by atoms with Crippen molar-refractivity contribution in [1.29, 1.82) is 0 Å². The summed E-state index contributed by atoms with van der Waals surface area (Å²) in [7, 11) is 0. The molecule has 0 aliphatic heterocycles. The van der Waals surface area contributed by atoms with Crippen LogP contribution in [0, 0.1) is 25.5 Å². The second-order valence-corrected chi connectivity index (χ2v) is 8.84. The van der Waals surface area contributed by atoms with Crippen molar-refractivity contribution >= 4 is 17.4 Å². The van der Waals surface area contributed by atoms with E-state index in [0.717, 1.165) is 11.8 Å². The molecule has 4 aromatic rings. The van der Waals surface area contributed by atoms with Crippen LogP contribution in [0.1, 0.15) is 53.3 Å². The lowest BCUT2D eigenvalue weighted by Gasteiger charge is -2.17. The second-order valence-electron chi connectivity index (χ2n) is 8.46. The molecule has 0 N–H and O–H groups in total. The van der Waals surface area contributed by atoms with Gasteiger partial charge in [0.05, 0.1) is 23.3 Å². The first-order valence-corrected chi connectivity index (χ1v) is 12.5. The van der Waals surface area contributed by atoms with Gasteiger partial charge < -0.3 is 4.74 Å². The van der Waals surface area contributed by atoms with Crippen LogP contribution in [-0.2, 0) is 13.0 Å². The SMILES string of the molecule is CC.Cc1cnc(-c2ccc3c(n2)C(=O)CC3)cc1-n1c(C)cc(OCc2ncc(F)cc2F)c(Cl)c1=O. The molecule has 0 saturated carbocycles. The molecule has 5 rings (SSSR count). The number of Topliss-reactive ketones (excluding diaryl/α,β-unsaturated/α-hetero) is 1. The minimum Gasteiger partial charge on any atom is -0.485 e. The van der Waals surface area contributed by atoms with Crippen molar-refractivity contribution in [3.05, 3.63) is 97.9 Å². The molecule has 0 amide bonds. The third-order valence-corrected chi connectivity index (χ3v) is 6.34. The number of nitrogens with zero attached hydrogens (tertiary/aromatic N) is 4. The number of pyridine rings is 4. The summed E-state index contributed by atoms with van der Waals surface area (Å²) in [5.74, 6) is -1.62. The second kappa shape index (κ2) is 11.2. The van der Waals surface area contributed by atoms with Crippen molar-refractivity contribution in [2.45, 2.75) is 47.1 Å². The minimum absolute atomic E-state index is 0.00402. The van der Waals surface area contributed by atoms with Crippen molar-refractivity contribution in [3.63, 3.8) is 0 Å². The molecule has 196 valence electrons.